The van der Waals surface area contributed by atoms with Gasteiger partial charge in [-0.3, -0.25) is 4.79 Å². The van der Waals surface area contributed by atoms with Crippen LogP contribution in [-0.4, -0.2) is 33.6 Å². The van der Waals surface area contributed by atoms with Gasteiger partial charge in [-0.15, -0.1) is 0 Å². The number of nitrogens with one attached hydrogen (secondary N) is 2. The number of aromatic nitrogens is 2. The maximum absolute atomic E-state index is 12.3. The summed E-state index contributed by atoms with van der Waals surface area (Å²) in [7, 11) is 0. The van der Waals surface area contributed by atoms with Crippen molar-refractivity contribution < 1.29 is 9.90 Å². The minimum absolute atomic E-state index is 0.00892. The fourth-order valence-corrected chi connectivity index (χ4v) is 2.41. The lowest BCUT2D eigenvalue weighted by atomic mass is 10.2. The Morgan fingerprint density at radius 2 is 2.27 bits per heavy atom. The second kappa shape index (κ2) is 7.42. The third-order valence-corrected chi connectivity index (χ3v) is 3.61. The molecule has 5 nitrogen and oxygen atoms in total. The Hall–Kier alpha value is -1.85. The molecule has 1 amide bonds. The quantitative estimate of drug-likeness (QED) is 0.765. The van der Waals surface area contributed by atoms with Gasteiger partial charge in [-0.25, -0.2) is 4.98 Å². The number of aliphatic hydroxyl groups excluding tert-OH is 1. The molecule has 1 aromatic carbocycles. The summed E-state index contributed by atoms with van der Waals surface area (Å²) in [5, 5.41) is 12.3. The fourth-order valence-electron chi connectivity index (χ4n) is 2.22. The molecular formula is C16H20ClN3O2. The van der Waals surface area contributed by atoms with E-state index in [4.69, 9.17) is 16.7 Å². The summed E-state index contributed by atoms with van der Waals surface area (Å²) in [4.78, 5) is 19.8. The molecule has 0 spiro atoms. The van der Waals surface area contributed by atoms with Crippen LogP contribution in [0.3, 0.4) is 0 Å². The van der Waals surface area contributed by atoms with Crippen molar-refractivity contribution in [3.63, 3.8) is 0 Å². The zero-order valence-corrected chi connectivity index (χ0v) is 13.4. The van der Waals surface area contributed by atoms with E-state index in [1.807, 2.05) is 26.0 Å². The number of rotatable bonds is 6. The van der Waals surface area contributed by atoms with E-state index in [2.05, 4.69) is 15.3 Å². The van der Waals surface area contributed by atoms with E-state index in [0.29, 0.717) is 28.7 Å². The fraction of sp³-hybridized carbons (Fsp3) is 0.375. The lowest BCUT2D eigenvalue weighted by Gasteiger charge is -2.12. The number of hydrogen-bond donors (Lipinski definition) is 3. The summed E-state index contributed by atoms with van der Waals surface area (Å²) >= 11 is 5.98. The molecule has 0 saturated carbocycles. The average molecular weight is 322 g/mol. The van der Waals surface area contributed by atoms with E-state index in [9.17, 15) is 4.79 Å². The number of benzene rings is 1. The number of amides is 1. The molecule has 2 rings (SSSR count). The molecule has 0 radical (unpaired) electrons. The molecule has 0 aliphatic carbocycles. The summed E-state index contributed by atoms with van der Waals surface area (Å²) in [5.41, 5.74) is 1.93. The number of halogens is 1. The number of aromatic amines is 1. The average Bonchev–Trinajstić information content (AvgIpc) is 2.87. The van der Waals surface area contributed by atoms with E-state index in [0.717, 1.165) is 12.0 Å². The van der Waals surface area contributed by atoms with Crippen molar-refractivity contribution >= 4 is 17.5 Å². The van der Waals surface area contributed by atoms with E-state index in [1.165, 1.54) is 0 Å². The molecule has 0 aliphatic rings. The standard InChI is InChI=1S/C16H20ClN3O2/c1-10(5-4-8-21)18-16(22)14-11(2)19-15(20-14)12-6-3-7-13(17)9-12/h3,6-7,9-10,21H,4-5,8H2,1-2H3,(H,18,22)(H,19,20). The van der Waals surface area contributed by atoms with Crippen molar-refractivity contribution in [2.45, 2.75) is 32.7 Å². The van der Waals surface area contributed by atoms with Gasteiger partial charge < -0.3 is 15.4 Å². The number of carbonyl (C=O) groups excluding carboxylic acids is 1. The van der Waals surface area contributed by atoms with Gasteiger partial charge in [0.2, 0.25) is 0 Å². The largest absolute Gasteiger partial charge is 0.396 e. The SMILES string of the molecule is Cc1[nH]c(-c2cccc(Cl)c2)nc1C(=O)NC(C)CCCO. The Kier molecular flexibility index (Phi) is 5.57. The molecule has 3 N–H and O–H groups in total. The first kappa shape index (κ1) is 16.5. The highest BCUT2D eigenvalue weighted by molar-refractivity contribution is 6.30. The van der Waals surface area contributed by atoms with Gasteiger partial charge in [-0.1, -0.05) is 23.7 Å². The van der Waals surface area contributed by atoms with E-state index < -0.39 is 0 Å². The molecule has 6 heteroatoms. The number of hydrogen-bond acceptors (Lipinski definition) is 3. The van der Waals surface area contributed by atoms with Crippen molar-refractivity contribution in [2.75, 3.05) is 6.61 Å². The van der Waals surface area contributed by atoms with Crippen molar-refractivity contribution in [1.82, 2.24) is 15.3 Å². The van der Waals surface area contributed by atoms with E-state index >= 15 is 0 Å². The first-order valence-electron chi connectivity index (χ1n) is 7.25. The van der Waals surface area contributed by atoms with Gasteiger partial charge in [-0.2, -0.15) is 0 Å². The summed E-state index contributed by atoms with van der Waals surface area (Å²) < 4.78 is 0. The van der Waals surface area contributed by atoms with Gasteiger partial charge in [0, 0.05) is 28.9 Å². The Morgan fingerprint density at radius 3 is 2.95 bits per heavy atom. The highest BCUT2D eigenvalue weighted by Gasteiger charge is 2.17. The monoisotopic (exact) mass is 321 g/mol. The van der Waals surface area contributed by atoms with E-state index in [-0.39, 0.29) is 18.6 Å². The van der Waals surface area contributed by atoms with Crippen LogP contribution >= 0.6 is 11.6 Å². The van der Waals surface area contributed by atoms with Crippen LogP contribution in [0.1, 0.15) is 35.9 Å². The van der Waals surface area contributed by atoms with Crippen LogP contribution in [-0.2, 0) is 0 Å². The zero-order valence-electron chi connectivity index (χ0n) is 12.7. The molecule has 118 valence electrons. The predicted molar refractivity (Wildman–Crippen MR) is 87.0 cm³/mol. The topological polar surface area (TPSA) is 78.0 Å². The molecule has 1 unspecified atom stereocenters. The third kappa shape index (κ3) is 4.08. The van der Waals surface area contributed by atoms with E-state index in [1.54, 1.807) is 12.1 Å². The normalized spacial score (nSPS) is 12.2. The van der Waals surface area contributed by atoms with Gasteiger partial charge in [0.05, 0.1) is 0 Å². The molecule has 22 heavy (non-hydrogen) atoms. The second-order valence-corrected chi connectivity index (χ2v) is 5.75. The van der Waals surface area contributed by atoms with Crippen molar-refractivity contribution in [3.8, 4) is 11.4 Å². The smallest absolute Gasteiger partial charge is 0.271 e. The Bertz CT molecular complexity index is 655. The van der Waals surface area contributed by atoms with Gasteiger partial charge in [-0.05, 0) is 38.8 Å². The summed E-state index contributed by atoms with van der Waals surface area (Å²) in [6.45, 7) is 3.85. The number of imidazole rings is 1. The molecule has 1 atom stereocenters. The van der Waals surface area contributed by atoms with Crippen LogP contribution in [0.4, 0.5) is 0 Å². The van der Waals surface area contributed by atoms with Gasteiger partial charge in [0.25, 0.3) is 5.91 Å². The highest BCUT2D eigenvalue weighted by Crippen LogP contribution is 2.21. The number of nitrogens with zero attached hydrogens (tertiary/aromatic N) is 1. The third-order valence-electron chi connectivity index (χ3n) is 3.37. The molecule has 0 saturated heterocycles. The number of carbonyl (C=O) groups is 1. The molecule has 0 fully saturated rings. The molecule has 0 aliphatic heterocycles. The molecule has 1 aromatic heterocycles. The summed E-state index contributed by atoms with van der Waals surface area (Å²) in [5.74, 6) is 0.403. The maximum Gasteiger partial charge on any atom is 0.271 e. The Labute approximate surface area is 134 Å². The zero-order chi connectivity index (χ0) is 16.1. The molecule has 0 bridgehead atoms. The maximum atomic E-state index is 12.3. The highest BCUT2D eigenvalue weighted by atomic mass is 35.5. The van der Waals surface area contributed by atoms with Crippen LogP contribution in [0.25, 0.3) is 11.4 Å². The summed E-state index contributed by atoms with van der Waals surface area (Å²) in [6.07, 6.45) is 1.39. The Balaban J connectivity index is 2.14. The minimum Gasteiger partial charge on any atom is -0.396 e. The predicted octanol–water partition coefficient (Wildman–Crippen LogP) is 2.93. The van der Waals surface area contributed by atoms with Crippen molar-refractivity contribution in [3.05, 3.63) is 40.7 Å². The van der Waals surface area contributed by atoms with Crippen molar-refractivity contribution in [2.24, 2.45) is 0 Å². The van der Waals surface area contributed by atoms with Crippen LogP contribution in [0.5, 0.6) is 0 Å². The first-order chi connectivity index (χ1) is 10.5. The van der Waals surface area contributed by atoms with Crippen LogP contribution < -0.4 is 5.32 Å². The van der Waals surface area contributed by atoms with Crippen LogP contribution in [0, 0.1) is 6.92 Å². The number of aliphatic hydroxyl groups is 1. The molecule has 1 heterocycles. The van der Waals surface area contributed by atoms with Gasteiger partial charge >= 0.3 is 0 Å². The lowest BCUT2D eigenvalue weighted by molar-refractivity contribution is 0.0931. The number of H-pyrrole nitrogens is 1. The lowest BCUT2D eigenvalue weighted by Crippen LogP contribution is -2.33. The number of aryl methyl sites for hydroxylation is 1. The van der Waals surface area contributed by atoms with Gasteiger partial charge in [0.1, 0.15) is 11.5 Å². The van der Waals surface area contributed by atoms with Crippen LogP contribution in [0.15, 0.2) is 24.3 Å². The Morgan fingerprint density at radius 1 is 1.50 bits per heavy atom. The molecule has 2 aromatic rings. The minimum atomic E-state index is -0.215. The molecular weight excluding hydrogens is 302 g/mol. The van der Waals surface area contributed by atoms with Crippen molar-refractivity contribution in [1.29, 1.82) is 0 Å². The summed E-state index contributed by atoms with van der Waals surface area (Å²) in [6, 6.07) is 7.30. The van der Waals surface area contributed by atoms with Gasteiger partial charge in [0.15, 0.2) is 0 Å². The first-order valence-corrected chi connectivity index (χ1v) is 7.63. The second-order valence-electron chi connectivity index (χ2n) is 5.31. The van der Waals surface area contributed by atoms with Crippen LogP contribution in [0.2, 0.25) is 5.02 Å².